The largest absolute Gasteiger partial charge is 0.471 e. The van der Waals surface area contributed by atoms with E-state index in [1.807, 2.05) is 11.4 Å². The van der Waals surface area contributed by atoms with Crippen LogP contribution in [0.4, 0.5) is 18.9 Å². The average Bonchev–Trinajstić information content (AvgIpc) is 3.66. The number of nitriles is 1. The fourth-order valence-corrected chi connectivity index (χ4v) is 5.70. The Balaban J connectivity index is 1.38. The molecule has 1 aromatic rings. The summed E-state index contributed by atoms with van der Waals surface area (Å²) in [5, 5.41) is 14.5. The minimum atomic E-state index is -5.17. The number of likely N-dealkylation sites (tertiary alicyclic amines) is 1. The third-order valence-electron chi connectivity index (χ3n) is 8.49. The number of halogens is 3. The maximum atomic E-state index is 14.0. The third kappa shape index (κ3) is 5.80. The van der Waals surface area contributed by atoms with E-state index < -0.39 is 53.5 Å². The lowest BCUT2D eigenvalue weighted by Gasteiger charge is -2.36. The van der Waals surface area contributed by atoms with Gasteiger partial charge in [-0.05, 0) is 36.8 Å². The molecule has 2 N–H and O–H groups in total. The molecule has 2 aliphatic heterocycles. The number of nitrogens with one attached hydrogen (secondary N) is 2. The van der Waals surface area contributed by atoms with E-state index in [0.29, 0.717) is 5.69 Å². The molecule has 2 saturated carbocycles. The van der Waals surface area contributed by atoms with E-state index >= 15 is 0 Å². The number of likely N-dealkylation sites (N-methyl/N-ethyl adjacent to an activating group) is 1. The lowest BCUT2D eigenvalue weighted by Crippen LogP contribution is -2.58. The number of aromatic nitrogens is 1. The molecule has 3 fully saturated rings. The van der Waals surface area contributed by atoms with Crippen LogP contribution in [0.2, 0.25) is 0 Å². The number of anilines is 1. The van der Waals surface area contributed by atoms with Crippen LogP contribution in [-0.2, 0) is 19.2 Å². The van der Waals surface area contributed by atoms with Crippen LogP contribution in [0.15, 0.2) is 18.3 Å². The summed E-state index contributed by atoms with van der Waals surface area (Å²) in [6.45, 7) is -0.272. The molecule has 220 valence electrons. The van der Waals surface area contributed by atoms with Crippen molar-refractivity contribution < 1.29 is 37.1 Å². The highest BCUT2D eigenvalue weighted by Crippen LogP contribution is 2.41. The number of ether oxygens (including phenoxy) is 1. The first kappa shape index (κ1) is 28.6. The van der Waals surface area contributed by atoms with Crippen LogP contribution < -0.4 is 15.4 Å². The number of alkyl halides is 3. The Morgan fingerprint density at radius 2 is 1.98 bits per heavy atom. The summed E-state index contributed by atoms with van der Waals surface area (Å²) in [4.78, 5) is 58.9. The van der Waals surface area contributed by atoms with Crippen LogP contribution in [0, 0.1) is 23.2 Å². The third-order valence-corrected chi connectivity index (χ3v) is 8.49. The van der Waals surface area contributed by atoms with Crippen LogP contribution in [0.25, 0.3) is 0 Å². The van der Waals surface area contributed by atoms with E-state index in [1.165, 1.54) is 18.1 Å². The molecule has 3 heterocycles. The number of carbonyl (C=O) groups is 4. The maximum Gasteiger partial charge on any atom is 0.471 e. The fraction of sp³-hybridized carbons (Fsp3) is 0.630. The number of carbonyl (C=O) groups excluding carboxylic acids is 4. The number of amides is 4. The van der Waals surface area contributed by atoms with Gasteiger partial charge in [0.05, 0.1) is 12.6 Å². The molecular formula is C27H31F3N6O5. The zero-order valence-electron chi connectivity index (χ0n) is 22.4. The van der Waals surface area contributed by atoms with Gasteiger partial charge in [-0.15, -0.1) is 0 Å². The molecule has 11 nitrogen and oxygen atoms in total. The second-order valence-corrected chi connectivity index (χ2v) is 11.4. The SMILES string of the molecule is CN(C(=O)[C@H](CC1CCC1)NC(=O)C(F)(F)F)[C@@H](CC1CC1)C(=O)N1C[C@@]2(C[C@H]1C#N)Oc1ncccc1NC2=O. The summed E-state index contributed by atoms with van der Waals surface area (Å²) in [6.07, 6.45) is 0.455. The van der Waals surface area contributed by atoms with Crippen molar-refractivity contribution in [3.05, 3.63) is 18.3 Å². The Morgan fingerprint density at radius 1 is 1.27 bits per heavy atom. The van der Waals surface area contributed by atoms with Gasteiger partial charge >= 0.3 is 12.1 Å². The van der Waals surface area contributed by atoms with Gasteiger partial charge in [-0.25, -0.2) is 4.98 Å². The summed E-state index contributed by atoms with van der Waals surface area (Å²) in [5.41, 5.74) is -1.21. The molecular weight excluding hydrogens is 545 g/mol. The minimum absolute atomic E-state index is 0.0108. The summed E-state index contributed by atoms with van der Waals surface area (Å²) >= 11 is 0. The Hall–Kier alpha value is -3.89. The first-order valence-corrected chi connectivity index (χ1v) is 13.7. The van der Waals surface area contributed by atoms with Crippen molar-refractivity contribution in [2.24, 2.45) is 11.8 Å². The molecule has 1 aromatic heterocycles. The Labute approximate surface area is 234 Å². The summed E-state index contributed by atoms with van der Waals surface area (Å²) in [5.74, 6) is -3.90. The van der Waals surface area contributed by atoms with Gasteiger partial charge in [0.15, 0.2) is 0 Å². The van der Waals surface area contributed by atoms with E-state index in [4.69, 9.17) is 4.74 Å². The zero-order valence-corrected chi connectivity index (χ0v) is 22.4. The molecule has 4 atom stereocenters. The highest BCUT2D eigenvalue weighted by atomic mass is 19.4. The Morgan fingerprint density at radius 3 is 2.59 bits per heavy atom. The first-order chi connectivity index (χ1) is 19.4. The van der Waals surface area contributed by atoms with Crippen LogP contribution >= 0.6 is 0 Å². The Bertz CT molecular complexity index is 1280. The summed E-state index contributed by atoms with van der Waals surface area (Å²) in [7, 11) is 1.33. The molecule has 41 heavy (non-hydrogen) atoms. The van der Waals surface area contributed by atoms with Crippen LogP contribution in [0.3, 0.4) is 0 Å². The van der Waals surface area contributed by atoms with E-state index in [0.717, 1.165) is 37.0 Å². The van der Waals surface area contributed by atoms with E-state index in [2.05, 4.69) is 10.3 Å². The van der Waals surface area contributed by atoms with Crippen LogP contribution in [0.5, 0.6) is 5.88 Å². The monoisotopic (exact) mass is 576 g/mol. The van der Waals surface area contributed by atoms with Gasteiger partial charge < -0.3 is 25.2 Å². The summed E-state index contributed by atoms with van der Waals surface area (Å²) in [6, 6.07) is 1.65. The number of hydrogen-bond acceptors (Lipinski definition) is 7. The van der Waals surface area contributed by atoms with Gasteiger partial charge in [0.25, 0.3) is 5.91 Å². The number of hydrogen-bond donors (Lipinski definition) is 2. The number of fused-ring (bicyclic) bond motifs is 1. The second-order valence-electron chi connectivity index (χ2n) is 11.4. The van der Waals surface area contributed by atoms with Crippen molar-refractivity contribution in [3.63, 3.8) is 0 Å². The molecule has 0 bridgehead atoms. The number of pyridine rings is 1. The van der Waals surface area contributed by atoms with Crippen LogP contribution in [-0.4, -0.2) is 81.9 Å². The topological polar surface area (TPSA) is 145 Å². The van der Waals surface area contributed by atoms with Crippen molar-refractivity contribution in [3.8, 4) is 11.9 Å². The van der Waals surface area contributed by atoms with E-state index in [1.54, 1.807) is 12.1 Å². The molecule has 2 aliphatic carbocycles. The summed E-state index contributed by atoms with van der Waals surface area (Å²) < 4.78 is 45.2. The van der Waals surface area contributed by atoms with Crippen LogP contribution in [0.1, 0.15) is 51.4 Å². The minimum Gasteiger partial charge on any atom is -0.457 e. The molecule has 4 amide bonds. The molecule has 0 radical (unpaired) electrons. The van der Waals surface area contributed by atoms with Crippen molar-refractivity contribution >= 4 is 29.3 Å². The van der Waals surface area contributed by atoms with E-state index in [-0.39, 0.29) is 43.5 Å². The normalized spacial score (nSPS) is 25.2. The molecule has 1 saturated heterocycles. The number of nitrogens with zero attached hydrogens (tertiary/aromatic N) is 4. The van der Waals surface area contributed by atoms with Gasteiger partial charge in [0, 0.05) is 19.7 Å². The standard InChI is InChI=1S/C27H31F3N6O5/c1-35(22(37)19(10-15-4-2-5-15)34-25(40)27(28,29)30)20(11-16-7-8-16)23(38)36-14-26(12-17(36)13-31)24(39)33-18-6-3-9-32-21(18)41-26/h3,6,9,15-17,19-20H,2,4-5,7-8,10-12,14H2,1H3,(H,33,39)(H,34,40)/t17-,19-,20-,26+/m0/s1. The van der Waals surface area contributed by atoms with Gasteiger partial charge in [-0.3, -0.25) is 19.2 Å². The Kier molecular flexibility index (Phi) is 7.56. The zero-order chi connectivity index (χ0) is 29.5. The second kappa shape index (κ2) is 10.8. The van der Waals surface area contributed by atoms with Crippen molar-refractivity contribution in [1.29, 1.82) is 5.26 Å². The lowest BCUT2D eigenvalue weighted by atomic mass is 9.80. The van der Waals surface area contributed by atoms with Crippen molar-refractivity contribution in [2.75, 3.05) is 18.9 Å². The molecule has 4 aliphatic rings. The molecule has 14 heteroatoms. The van der Waals surface area contributed by atoms with Gasteiger partial charge in [0.2, 0.25) is 23.3 Å². The van der Waals surface area contributed by atoms with Gasteiger partial charge in [-0.1, -0.05) is 32.1 Å². The van der Waals surface area contributed by atoms with Gasteiger partial charge in [-0.2, -0.15) is 18.4 Å². The van der Waals surface area contributed by atoms with E-state index in [9.17, 15) is 37.6 Å². The highest BCUT2D eigenvalue weighted by Gasteiger charge is 2.57. The average molecular weight is 577 g/mol. The smallest absolute Gasteiger partial charge is 0.457 e. The quantitative estimate of drug-likeness (QED) is 0.482. The first-order valence-electron chi connectivity index (χ1n) is 13.7. The lowest BCUT2D eigenvalue weighted by molar-refractivity contribution is -0.175. The molecule has 0 aromatic carbocycles. The molecule has 5 rings (SSSR count). The fourth-order valence-electron chi connectivity index (χ4n) is 5.70. The molecule has 0 unspecified atom stereocenters. The molecule has 1 spiro atoms. The highest BCUT2D eigenvalue weighted by molar-refractivity contribution is 6.02. The van der Waals surface area contributed by atoms with Crippen molar-refractivity contribution in [2.45, 2.75) is 81.3 Å². The number of rotatable bonds is 8. The van der Waals surface area contributed by atoms with Crippen molar-refractivity contribution in [1.82, 2.24) is 20.1 Å². The predicted molar refractivity (Wildman–Crippen MR) is 136 cm³/mol. The van der Waals surface area contributed by atoms with Gasteiger partial charge in [0.1, 0.15) is 23.8 Å². The predicted octanol–water partition coefficient (Wildman–Crippen LogP) is 2.14. The maximum absolute atomic E-state index is 14.0.